The molecule has 2 heterocycles. The molecule has 6 heteroatoms. The normalized spacial score (nSPS) is 13.6. The Balaban J connectivity index is 1.69. The molecule has 0 radical (unpaired) electrons. The minimum absolute atomic E-state index is 0.0448. The molecule has 6 nitrogen and oxygen atoms in total. The number of amides is 1. The van der Waals surface area contributed by atoms with E-state index in [1.165, 1.54) is 6.20 Å². The van der Waals surface area contributed by atoms with Crippen LogP contribution in [0, 0.1) is 17.7 Å². The van der Waals surface area contributed by atoms with Crippen molar-refractivity contribution >= 4 is 28.2 Å². The van der Waals surface area contributed by atoms with E-state index in [0.29, 0.717) is 11.5 Å². The summed E-state index contributed by atoms with van der Waals surface area (Å²) in [6, 6.07) is 7.80. The second-order valence-corrected chi connectivity index (χ2v) is 6.32. The van der Waals surface area contributed by atoms with Crippen molar-refractivity contribution < 1.29 is 4.79 Å². The number of fused-ring (bicyclic) bond motifs is 1. The summed E-state index contributed by atoms with van der Waals surface area (Å²) in [5, 5.41) is 7.81. The van der Waals surface area contributed by atoms with Gasteiger partial charge < -0.3 is 5.32 Å². The van der Waals surface area contributed by atoms with Gasteiger partial charge in [-0.1, -0.05) is 12.1 Å². The molecule has 0 atom stereocenters. The van der Waals surface area contributed by atoms with E-state index in [1.54, 1.807) is 12.4 Å². The molecule has 1 aliphatic carbocycles. The third-order valence-electron chi connectivity index (χ3n) is 4.52. The molecule has 1 amide bonds. The van der Waals surface area contributed by atoms with Gasteiger partial charge in [0.1, 0.15) is 11.5 Å². The highest BCUT2D eigenvalue weighted by molar-refractivity contribution is 5.96. The van der Waals surface area contributed by atoms with Gasteiger partial charge in [0, 0.05) is 29.3 Å². The summed E-state index contributed by atoms with van der Waals surface area (Å²) in [4.78, 5) is 31.1. The zero-order valence-corrected chi connectivity index (χ0v) is 13.7. The van der Waals surface area contributed by atoms with E-state index in [-0.39, 0.29) is 11.8 Å². The van der Waals surface area contributed by atoms with Crippen molar-refractivity contribution in [2.75, 3.05) is 5.32 Å². The molecule has 1 aromatic carbocycles. The van der Waals surface area contributed by atoms with Gasteiger partial charge >= 0.3 is 0 Å². The summed E-state index contributed by atoms with van der Waals surface area (Å²) < 4.78 is 0. The summed E-state index contributed by atoms with van der Waals surface area (Å²) in [5.74, 6) is 0.763. The van der Waals surface area contributed by atoms with Crippen LogP contribution in [-0.4, -0.2) is 15.9 Å². The van der Waals surface area contributed by atoms with E-state index in [1.807, 2.05) is 31.2 Å². The highest BCUT2D eigenvalue weighted by Gasteiger charge is 2.29. The monoisotopic (exact) mass is 332 g/mol. The molecule has 4 rings (SSSR count). The Morgan fingerprint density at radius 2 is 2.00 bits per heavy atom. The largest absolute Gasteiger partial charge is 0.310 e. The number of carbonyl (C=O) groups is 1. The van der Waals surface area contributed by atoms with Gasteiger partial charge in [0.05, 0.1) is 6.20 Å². The third kappa shape index (κ3) is 2.98. The Hall–Kier alpha value is -3.15. The molecule has 124 valence electrons. The highest BCUT2D eigenvalue weighted by atomic mass is 16.3. The lowest BCUT2D eigenvalue weighted by atomic mass is 9.99. The van der Waals surface area contributed by atoms with Crippen LogP contribution < -0.4 is 5.32 Å². The number of hydrogen-bond acceptors (Lipinski definition) is 5. The van der Waals surface area contributed by atoms with E-state index in [9.17, 15) is 9.70 Å². The van der Waals surface area contributed by atoms with E-state index in [0.717, 1.165) is 40.3 Å². The van der Waals surface area contributed by atoms with Crippen molar-refractivity contribution in [2.45, 2.75) is 19.8 Å². The van der Waals surface area contributed by atoms with E-state index < -0.39 is 0 Å². The van der Waals surface area contributed by atoms with Crippen molar-refractivity contribution in [3.8, 4) is 11.1 Å². The minimum Gasteiger partial charge on any atom is -0.310 e. The minimum atomic E-state index is 0.0448. The average Bonchev–Trinajstić information content (AvgIpc) is 3.47. The van der Waals surface area contributed by atoms with Crippen LogP contribution >= 0.6 is 0 Å². The lowest BCUT2D eigenvalue weighted by molar-refractivity contribution is -0.117. The predicted octanol–water partition coefficient (Wildman–Crippen LogP) is 4.35. The van der Waals surface area contributed by atoms with Gasteiger partial charge in [-0.15, -0.1) is 4.91 Å². The fourth-order valence-electron chi connectivity index (χ4n) is 2.85. The number of nitrogens with zero attached hydrogens (tertiary/aromatic N) is 3. The molecule has 1 fully saturated rings. The number of nitrogens with one attached hydrogen (secondary N) is 1. The fourth-order valence-corrected chi connectivity index (χ4v) is 2.85. The van der Waals surface area contributed by atoms with Crippen LogP contribution in [0.15, 0.2) is 48.0 Å². The van der Waals surface area contributed by atoms with Crippen LogP contribution in [0.1, 0.15) is 18.4 Å². The molecule has 1 aliphatic rings. The SMILES string of the molecule is Cc1c(N=O)cncc1-c1ccc2cc(NC(=O)C3CC3)ncc2c1. The van der Waals surface area contributed by atoms with Gasteiger partial charge in [-0.05, 0) is 53.6 Å². The Morgan fingerprint density at radius 3 is 2.76 bits per heavy atom. The number of hydrogen-bond donors (Lipinski definition) is 1. The Morgan fingerprint density at radius 1 is 1.16 bits per heavy atom. The second kappa shape index (κ2) is 6.05. The number of carbonyl (C=O) groups excluding carboxylic acids is 1. The molecular formula is C19H16N4O2. The van der Waals surface area contributed by atoms with E-state index >= 15 is 0 Å². The third-order valence-corrected chi connectivity index (χ3v) is 4.52. The highest BCUT2D eigenvalue weighted by Crippen LogP contribution is 2.32. The lowest BCUT2D eigenvalue weighted by Crippen LogP contribution is -2.14. The molecular weight excluding hydrogens is 316 g/mol. The van der Waals surface area contributed by atoms with Gasteiger partial charge in [-0.25, -0.2) is 4.98 Å². The standard InChI is InChI=1S/C19H16N4O2/c1-11-16(9-20-10-17(11)23-25)14-5-4-13-7-18(21-8-15(13)6-14)22-19(24)12-2-3-12/h4-10,12H,2-3H2,1H3,(H,21,22,24). The average molecular weight is 332 g/mol. The first-order valence-electron chi connectivity index (χ1n) is 8.15. The van der Waals surface area contributed by atoms with Crippen LogP contribution in [0.3, 0.4) is 0 Å². The molecule has 1 saturated carbocycles. The number of rotatable bonds is 4. The molecule has 0 aliphatic heterocycles. The topological polar surface area (TPSA) is 84.3 Å². The summed E-state index contributed by atoms with van der Waals surface area (Å²) in [7, 11) is 0. The molecule has 0 spiro atoms. The van der Waals surface area contributed by atoms with Gasteiger partial charge in [-0.3, -0.25) is 9.78 Å². The summed E-state index contributed by atoms with van der Waals surface area (Å²) in [5.41, 5.74) is 2.95. The maximum atomic E-state index is 11.9. The predicted molar refractivity (Wildman–Crippen MR) is 96.5 cm³/mol. The van der Waals surface area contributed by atoms with Crippen LogP contribution in [0.4, 0.5) is 11.5 Å². The quantitative estimate of drug-likeness (QED) is 0.720. The van der Waals surface area contributed by atoms with Crippen LogP contribution in [0.5, 0.6) is 0 Å². The van der Waals surface area contributed by atoms with Crippen LogP contribution in [0.25, 0.3) is 21.9 Å². The zero-order valence-electron chi connectivity index (χ0n) is 13.7. The Bertz CT molecular complexity index is 996. The zero-order chi connectivity index (χ0) is 17.4. The number of aromatic nitrogens is 2. The first-order valence-corrected chi connectivity index (χ1v) is 8.15. The number of nitroso groups, excluding NO2 is 1. The first kappa shape index (κ1) is 15.4. The van der Waals surface area contributed by atoms with Crippen molar-refractivity contribution in [3.05, 3.63) is 53.3 Å². The van der Waals surface area contributed by atoms with Crippen molar-refractivity contribution in [3.63, 3.8) is 0 Å². The van der Waals surface area contributed by atoms with Crippen LogP contribution in [0.2, 0.25) is 0 Å². The Kier molecular flexibility index (Phi) is 3.72. The molecule has 0 saturated heterocycles. The fraction of sp³-hybridized carbons (Fsp3) is 0.211. The smallest absolute Gasteiger partial charge is 0.228 e. The maximum Gasteiger partial charge on any atom is 0.228 e. The summed E-state index contributed by atoms with van der Waals surface area (Å²) in [6.45, 7) is 1.85. The number of pyridine rings is 2. The lowest BCUT2D eigenvalue weighted by Gasteiger charge is -2.09. The van der Waals surface area contributed by atoms with Gasteiger partial charge in [0.25, 0.3) is 0 Å². The maximum absolute atomic E-state index is 11.9. The first-order chi connectivity index (χ1) is 12.2. The number of anilines is 1. The summed E-state index contributed by atoms with van der Waals surface area (Å²) in [6.07, 6.45) is 6.85. The molecule has 1 N–H and O–H groups in total. The molecule has 0 bridgehead atoms. The molecule has 2 aromatic heterocycles. The van der Waals surface area contributed by atoms with Gasteiger partial charge in [-0.2, -0.15) is 0 Å². The van der Waals surface area contributed by atoms with E-state index in [2.05, 4.69) is 20.5 Å². The van der Waals surface area contributed by atoms with E-state index in [4.69, 9.17) is 0 Å². The Labute approximate surface area is 144 Å². The van der Waals surface area contributed by atoms with Gasteiger partial charge in [0.15, 0.2) is 0 Å². The molecule has 0 unspecified atom stereocenters. The van der Waals surface area contributed by atoms with Crippen molar-refractivity contribution in [1.29, 1.82) is 0 Å². The van der Waals surface area contributed by atoms with Crippen molar-refractivity contribution in [1.82, 2.24) is 9.97 Å². The molecule has 25 heavy (non-hydrogen) atoms. The molecule has 3 aromatic rings. The van der Waals surface area contributed by atoms with Crippen molar-refractivity contribution in [2.24, 2.45) is 11.1 Å². The second-order valence-electron chi connectivity index (χ2n) is 6.32. The number of benzene rings is 1. The summed E-state index contributed by atoms with van der Waals surface area (Å²) >= 11 is 0. The van der Waals surface area contributed by atoms with Gasteiger partial charge in [0.2, 0.25) is 5.91 Å². The van der Waals surface area contributed by atoms with Crippen LogP contribution in [-0.2, 0) is 4.79 Å².